The zero-order valence-corrected chi connectivity index (χ0v) is 15.2. The van der Waals surface area contributed by atoms with Gasteiger partial charge in [0, 0.05) is 12.7 Å². The minimum absolute atomic E-state index is 0.105. The lowest BCUT2D eigenvalue weighted by Gasteiger charge is -2.22. The van der Waals surface area contributed by atoms with Crippen LogP contribution in [-0.4, -0.2) is 26.1 Å². The fraction of sp³-hybridized carbons (Fsp3) is 0.350. The monoisotopic (exact) mass is 328 g/mol. The summed E-state index contributed by atoms with van der Waals surface area (Å²) in [5.41, 5.74) is 9.11. The molecular weight excluding hydrogens is 300 g/mol. The Morgan fingerprint density at radius 2 is 1.79 bits per heavy atom. The summed E-state index contributed by atoms with van der Waals surface area (Å²) < 4.78 is 5.12. The maximum Gasteiger partial charge on any atom is 0.243 e. The third-order valence-electron chi connectivity index (χ3n) is 3.65. The van der Waals surface area contributed by atoms with Crippen LogP contribution in [0.25, 0.3) is 0 Å². The van der Waals surface area contributed by atoms with Gasteiger partial charge in [-0.25, -0.2) is 0 Å². The van der Waals surface area contributed by atoms with Crippen LogP contribution in [0.1, 0.15) is 25.0 Å². The topological polar surface area (TPSA) is 55.6 Å². The van der Waals surface area contributed by atoms with Crippen LogP contribution in [0.4, 0.5) is 5.69 Å². The number of anilines is 1. The second-order valence-corrected chi connectivity index (χ2v) is 5.39. The number of amides is 1. The highest BCUT2D eigenvalue weighted by atomic mass is 16.5. The second-order valence-electron chi connectivity index (χ2n) is 5.39. The van der Waals surface area contributed by atoms with Crippen molar-refractivity contribution in [1.82, 2.24) is 0 Å². The highest BCUT2D eigenvalue weighted by Crippen LogP contribution is 2.19. The maximum absolute atomic E-state index is 12.5. The van der Waals surface area contributed by atoms with Gasteiger partial charge in [0.1, 0.15) is 5.75 Å². The van der Waals surface area contributed by atoms with E-state index in [0.717, 1.165) is 17.0 Å². The van der Waals surface area contributed by atoms with Crippen LogP contribution in [0.3, 0.4) is 0 Å². The van der Waals surface area contributed by atoms with E-state index in [4.69, 9.17) is 10.5 Å². The number of hydrogen-bond donors (Lipinski definition) is 1. The van der Waals surface area contributed by atoms with Crippen molar-refractivity contribution < 1.29 is 9.53 Å². The number of aryl methyl sites for hydroxylation is 1. The molecule has 1 unspecified atom stereocenters. The average molecular weight is 328 g/mol. The van der Waals surface area contributed by atoms with Crippen molar-refractivity contribution in [2.75, 3.05) is 19.1 Å². The zero-order chi connectivity index (χ0) is 18.1. The Bertz CT molecular complexity index is 638. The van der Waals surface area contributed by atoms with Gasteiger partial charge in [0.25, 0.3) is 0 Å². The Kier molecular flexibility index (Phi) is 7.99. The summed E-state index contributed by atoms with van der Waals surface area (Å²) in [6.45, 7) is 6.03. The number of carbonyl (C=O) groups excluding carboxylic acids is 1. The number of carbonyl (C=O) groups is 1. The van der Waals surface area contributed by atoms with Gasteiger partial charge in [-0.1, -0.05) is 43.7 Å². The lowest BCUT2D eigenvalue weighted by atomic mass is 10.0. The first-order valence-corrected chi connectivity index (χ1v) is 8.24. The van der Waals surface area contributed by atoms with Crippen molar-refractivity contribution in [2.24, 2.45) is 5.73 Å². The quantitative estimate of drug-likeness (QED) is 0.913. The number of nitrogens with two attached hydrogens (primary N) is 1. The van der Waals surface area contributed by atoms with Crippen LogP contribution in [0.2, 0.25) is 0 Å². The lowest BCUT2D eigenvalue weighted by Crippen LogP contribution is -2.43. The van der Waals surface area contributed by atoms with Crippen molar-refractivity contribution in [3.05, 3.63) is 59.7 Å². The summed E-state index contributed by atoms with van der Waals surface area (Å²) in [7, 11) is 3.35. The maximum atomic E-state index is 12.5. The van der Waals surface area contributed by atoms with Gasteiger partial charge < -0.3 is 15.4 Å². The molecule has 0 radical (unpaired) electrons. The van der Waals surface area contributed by atoms with Gasteiger partial charge in [-0.15, -0.1) is 0 Å². The SMILES string of the molecule is CC.COc1ccc(N(C)C(=O)C(N)Cc2cccc(C)c2)cc1. The molecule has 4 heteroatoms. The average Bonchev–Trinajstić information content (AvgIpc) is 2.62. The first-order chi connectivity index (χ1) is 11.5. The molecule has 1 amide bonds. The minimum atomic E-state index is -0.561. The molecule has 4 nitrogen and oxygen atoms in total. The van der Waals surface area contributed by atoms with Gasteiger partial charge in [0.15, 0.2) is 0 Å². The standard InChI is InChI=1S/C18H22N2O2.C2H6/c1-13-5-4-6-14(11-13)12-17(19)18(21)20(2)15-7-9-16(22-3)10-8-15;1-2/h4-11,17H,12,19H2,1-3H3;1-2H3. The van der Waals surface area contributed by atoms with Crippen LogP contribution in [0.15, 0.2) is 48.5 Å². The van der Waals surface area contributed by atoms with Gasteiger partial charge in [0.2, 0.25) is 5.91 Å². The lowest BCUT2D eigenvalue weighted by molar-refractivity contribution is -0.119. The molecule has 0 bridgehead atoms. The molecule has 130 valence electrons. The smallest absolute Gasteiger partial charge is 0.243 e. The third kappa shape index (κ3) is 5.39. The molecule has 0 aliphatic rings. The molecule has 0 saturated heterocycles. The fourth-order valence-corrected chi connectivity index (χ4v) is 2.36. The van der Waals surface area contributed by atoms with E-state index in [9.17, 15) is 4.79 Å². The molecule has 2 aromatic carbocycles. The second kappa shape index (κ2) is 9.73. The Labute approximate surface area is 145 Å². The molecule has 0 spiro atoms. The van der Waals surface area contributed by atoms with Gasteiger partial charge in [0.05, 0.1) is 13.2 Å². The van der Waals surface area contributed by atoms with Crippen molar-refractivity contribution >= 4 is 11.6 Å². The summed E-state index contributed by atoms with van der Waals surface area (Å²) in [4.78, 5) is 14.0. The largest absolute Gasteiger partial charge is 0.497 e. The first-order valence-electron chi connectivity index (χ1n) is 8.24. The van der Waals surface area contributed by atoms with Crippen molar-refractivity contribution in [1.29, 1.82) is 0 Å². The minimum Gasteiger partial charge on any atom is -0.497 e. The third-order valence-corrected chi connectivity index (χ3v) is 3.65. The van der Waals surface area contributed by atoms with Crippen LogP contribution in [0, 0.1) is 6.92 Å². The Morgan fingerprint density at radius 3 is 2.33 bits per heavy atom. The predicted molar refractivity (Wildman–Crippen MR) is 101 cm³/mol. The highest BCUT2D eigenvalue weighted by Gasteiger charge is 2.19. The molecule has 0 saturated carbocycles. The molecule has 0 aromatic heterocycles. The first kappa shape index (κ1) is 19.7. The molecule has 0 fully saturated rings. The normalized spacial score (nSPS) is 11.1. The van der Waals surface area contributed by atoms with Gasteiger partial charge >= 0.3 is 0 Å². The van der Waals surface area contributed by atoms with E-state index in [1.54, 1.807) is 19.1 Å². The number of methoxy groups -OCH3 is 1. The summed E-state index contributed by atoms with van der Waals surface area (Å²) in [6.07, 6.45) is 0.529. The molecule has 0 heterocycles. The Hall–Kier alpha value is -2.33. The van der Waals surface area contributed by atoms with Crippen LogP contribution < -0.4 is 15.4 Å². The summed E-state index contributed by atoms with van der Waals surface area (Å²) in [5.74, 6) is 0.653. The molecule has 1 atom stereocenters. The molecule has 2 rings (SSSR count). The number of rotatable bonds is 5. The molecule has 2 N–H and O–H groups in total. The highest BCUT2D eigenvalue weighted by molar-refractivity contribution is 5.96. The molecular formula is C20H28N2O2. The summed E-state index contributed by atoms with van der Waals surface area (Å²) >= 11 is 0. The van der Waals surface area contributed by atoms with E-state index in [-0.39, 0.29) is 5.91 Å². The van der Waals surface area contributed by atoms with Crippen LogP contribution >= 0.6 is 0 Å². The molecule has 0 aliphatic heterocycles. The number of ether oxygens (including phenoxy) is 1. The van der Waals surface area contributed by atoms with E-state index in [0.29, 0.717) is 6.42 Å². The van der Waals surface area contributed by atoms with Crippen LogP contribution in [-0.2, 0) is 11.2 Å². The van der Waals surface area contributed by atoms with Crippen molar-refractivity contribution in [2.45, 2.75) is 33.2 Å². The summed E-state index contributed by atoms with van der Waals surface area (Å²) in [5, 5.41) is 0. The van der Waals surface area contributed by atoms with Gasteiger partial charge in [-0.2, -0.15) is 0 Å². The number of likely N-dealkylation sites (N-methyl/N-ethyl adjacent to an activating group) is 1. The Morgan fingerprint density at radius 1 is 1.17 bits per heavy atom. The van der Waals surface area contributed by atoms with E-state index in [1.807, 2.05) is 63.2 Å². The van der Waals surface area contributed by atoms with E-state index >= 15 is 0 Å². The van der Waals surface area contributed by atoms with Crippen LogP contribution in [0.5, 0.6) is 5.75 Å². The number of nitrogens with zero attached hydrogens (tertiary/aromatic N) is 1. The van der Waals surface area contributed by atoms with E-state index in [1.165, 1.54) is 5.56 Å². The zero-order valence-electron chi connectivity index (χ0n) is 15.2. The van der Waals surface area contributed by atoms with Crippen molar-refractivity contribution in [3.8, 4) is 5.75 Å². The van der Waals surface area contributed by atoms with Crippen molar-refractivity contribution in [3.63, 3.8) is 0 Å². The van der Waals surface area contributed by atoms with Gasteiger partial charge in [-0.3, -0.25) is 4.79 Å². The molecule has 0 aliphatic carbocycles. The number of hydrogen-bond acceptors (Lipinski definition) is 3. The number of benzene rings is 2. The predicted octanol–water partition coefficient (Wildman–Crippen LogP) is 3.56. The molecule has 24 heavy (non-hydrogen) atoms. The summed E-state index contributed by atoms with van der Waals surface area (Å²) in [6, 6.07) is 14.8. The van der Waals surface area contributed by atoms with Gasteiger partial charge in [-0.05, 0) is 43.2 Å². The van der Waals surface area contributed by atoms with E-state index in [2.05, 4.69) is 6.07 Å². The fourth-order valence-electron chi connectivity index (χ4n) is 2.36. The molecule has 2 aromatic rings. The van der Waals surface area contributed by atoms with E-state index < -0.39 is 6.04 Å². The Balaban J connectivity index is 0.00000139.